The molecule has 0 aliphatic heterocycles. The highest BCUT2D eigenvalue weighted by molar-refractivity contribution is 9.10. The molecule has 1 aromatic rings. The van der Waals surface area contributed by atoms with Gasteiger partial charge in [-0.05, 0) is 37.8 Å². The number of benzene rings is 1. The van der Waals surface area contributed by atoms with Crippen LogP contribution in [-0.2, 0) is 0 Å². The normalized spacial score (nSPS) is 17.4. The van der Waals surface area contributed by atoms with Crippen molar-refractivity contribution >= 4 is 15.9 Å². The summed E-state index contributed by atoms with van der Waals surface area (Å²) in [6.07, 6.45) is 5.28. The van der Waals surface area contributed by atoms with Crippen LogP contribution in [0.3, 0.4) is 0 Å². The lowest BCUT2D eigenvalue weighted by atomic mass is 9.98. The molecule has 1 aliphatic rings. The van der Waals surface area contributed by atoms with Crippen LogP contribution in [0.1, 0.15) is 32.1 Å². The van der Waals surface area contributed by atoms with E-state index in [0.717, 1.165) is 31.7 Å². The van der Waals surface area contributed by atoms with Gasteiger partial charge in [-0.25, -0.2) is 4.39 Å². The Balaban J connectivity index is 2.13. The SMILES string of the molecule is Fc1cc(Br)cc(OC2CCCCC2)c1F. The first-order valence-corrected chi connectivity index (χ1v) is 6.27. The fourth-order valence-corrected chi connectivity index (χ4v) is 2.39. The van der Waals surface area contributed by atoms with Gasteiger partial charge in [0.25, 0.3) is 0 Å². The van der Waals surface area contributed by atoms with E-state index in [0.29, 0.717) is 4.47 Å². The van der Waals surface area contributed by atoms with E-state index < -0.39 is 11.6 Å². The number of rotatable bonds is 2. The zero-order valence-corrected chi connectivity index (χ0v) is 10.4. The summed E-state index contributed by atoms with van der Waals surface area (Å²) in [6, 6.07) is 2.58. The van der Waals surface area contributed by atoms with Gasteiger partial charge in [-0.1, -0.05) is 22.4 Å². The largest absolute Gasteiger partial charge is 0.487 e. The van der Waals surface area contributed by atoms with Gasteiger partial charge in [-0.3, -0.25) is 0 Å². The first-order valence-electron chi connectivity index (χ1n) is 5.48. The topological polar surface area (TPSA) is 9.23 Å². The van der Waals surface area contributed by atoms with Crippen molar-refractivity contribution in [2.75, 3.05) is 0 Å². The Hall–Kier alpha value is -0.640. The van der Waals surface area contributed by atoms with Crippen molar-refractivity contribution in [1.29, 1.82) is 0 Å². The summed E-state index contributed by atoms with van der Waals surface area (Å²) >= 11 is 3.13. The van der Waals surface area contributed by atoms with Gasteiger partial charge in [0.1, 0.15) is 0 Å². The molecule has 2 rings (SSSR count). The summed E-state index contributed by atoms with van der Waals surface area (Å²) in [7, 11) is 0. The van der Waals surface area contributed by atoms with Crippen molar-refractivity contribution in [1.82, 2.24) is 0 Å². The number of ether oxygens (including phenoxy) is 1. The van der Waals surface area contributed by atoms with E-state index in [1.807, 2.05) is 0 Å². The van der Waals surface area contributed by atoms with Crippen LogP contribution >= 0.6 is 15.9 Å². The molecule has 0 radical (unpaired) electrons. The molecule has 0 N–H and O–H groups in total. The Morgan fingerprint density at radius 3 is 2.50 bits per heavy atom. The van der Waals surface area contributed by atoms with Gasteiger partial charge in [0.15, 0.2) is 11.6 Å². The predicted octanol–water partition coefficient (Wildman–Crippen LogP) is 4.44. The number of hydrogen-bond donors (Lipinski definition) is 0. The number of halogens is 3. The van der Waals surface area contributed by atoms with Crippen LogP contribution in [0.2, 0.25) is 0 Å². The maximum atomic E-state index is 13.4. The quantitative estimate of drug-likeness (QED) is 0.732. The highest BCUT2D eigenvalue weighted by Crippen LogP contribution is 2.29. The smallest absolute Gasteiger partial charge is 0.200 e. The molecule has 0 saturated heterocycles. The van der Waals surface area contributed by atoms with Gasteiger partial charge in [-0.2, -0.15) is 4.39 Å². The summed E-state index contributed by atoms with van der Waals surface area (Å²) in [6.45, 7) is 0. The third-order valence-electron chi connectivity index (χ3n) is 2.81. The van der Waals surface area contributed by atoms with Crippen molar-refractivity contribution in [3.05, 3.63) is 28.2 Å². The van der Waals surface area contributed by atoms with E-state index in [2.05, 4.69) is 15.9 Å². The summed E-state index contributed by atoms with van der Waals surface area (Å²) < 4.78 is 32.5. The van der Waals surface area contributed by atoms with Crippen LogP contribution in [0.5, 0.6) is 5.75 Å². The lowest BCUT2D eigenvalue weighted by Gasteiger charge is -2.23. The van der Waals surface area contributed by atoms with Gasteiger partial charge >= 0.3 is 0 Å². The molecule has 1 saturated carbocycles. The first kappa shape index (κ1) is 11.8. The minimum atomic E-state index is -0.895. The van der Waals surface area contributed by atoms with Gasteiger partial charge in [0.05, 0.1) is 6.10 Å². The second-order valence-corrected chi connectivity index (χ2v) is 4.99. The highest BCUT2D eigenvalue weighted by Gasteiger charge is 2.18. The van der Waals surface area contributed by atoms with Crippen molar-refractivity contribution in [3.63, 3.8) is 0 Å². The third kappa shape index (κ3) is 2.73. The second-order valence-electron chi connectivity index (χ2n) is 4.08. The molecular formula is C12H13BrF2O. The Morgan fingerprint density at radius 2 is 1.81 bits per heavy atom. The molecule has 0 amide bonds. The highest BCUT2D eigenvalue weighted by atomic mass is 79.9. The van der Waals surface area contributed by atoms with E-state index in [9.17, 15) is 8.78 Å². The molecule has 88 valence electrons. The first-order chi connectivity index (χ1) is 7.66. The molecule has 1 aliphatic carbocycles. The molecule has 0 bridgehead atoms. The van der Waals surface area contributed by atoms with Crippen LogP contribution in [0.4, 0.5) is 8.78 Å². The van der Waals surface area contributed by atoms with E-state index in [-0.39, 0.29) is 11.9 Å². The summed E-state index contributed by atoms with van der Waals surface area (Å²) in [5, 5.41) is 0. The standard InChI is InChI=1S/C12H13BrF2O/c13-8-6-10(14)12(15)11(7-8)16-9-4-2-1-3-5-9/h6-7,9H,1-5H2. The van der Waals surface area contributed by atoms with Gasteiger partial charge in [-0.15, -0.1) is 0 Å². The van der Waals surface area contributed by atoms with Crippen LogP contribution in [0, 0.1) is 11.6 Å². The van der Waals surface area contributed by atoms with E-state index >= 15 is 0 Å². The number of hydrogen-bond acceptors (Lipinski definition) is 1. The Labute approximate surface area is 102 Å². The van der Waals surface area contributed by atoms with E-state index in [1.165, 1.54) is 12.5 Å². The predicted molar refractivity (Wildman–Crippen MR) is 61.6 cm³/mol. The molecule has 1 aromatic carbocycles. The molecule has 1 fully saturated rings. The zero-order chi connectivity index (χ0) is 11.5. The van der Waals surface area contributed by atoms with Crippen LogP contribution < -0.4 is 4.74 Å². The monoisotopic (exact) mass is 290 g/mol. The van der Waals surface area contributed by atoms with Gasteiger partial charge in [0, 0.05) is 4.47 Å². The molecule has 16 heavy (non-hydrogen) atoms. The third-order valence-corrected chi connectivity index (χ3v) is 3.26. The zero-order valence-electron chi connectivity index (χ0n) is 8.81. The van der Waals surface area contributed by atoms with Crippen molar-refractivity contribution in [2.24, 2.45) is 0 Å². The van der Waals surface area contributed by atoms with E-state index in [1.54, 1.807) is 0 Å². The lowest BCUT2D eigenvalue weighted by molar-refractivity contribution is 0.147. The summed E-state index contributed by atoms with van der Waals surface area (Å²) in [4.78, 5) is 0. The minimum absolute atomic E-state index is 0.0128. The summed E-state index contributed by atoms with van der Waals surface area (Å²) in [5.41, 5.74) is 0. The van der Waals surface area contributed by atoms with Crippen LogP contribution in [0.15, 0.2) is 16.6 Å². The molecule has 4 heteroatoms. The van der Waals surface area contributed by atoms with Crippen molar-refractivity contribution < 1.29 is 13.5 Å². The van der Waals surface area contributed by atoms with E-state index in [4.69, 9.17) is 4.74 Å². The lowest BCUT2D eigenvalue weighted by Crippen LogP contribution is -2.20. The fraction of sp³-hybridized carbons (Fsp3) is 0.500. The molecule has 0 unspecified atom stereocenters. The molecule has 0 aromatic heterocycles. The molecule has 0 atom stereocenters. The molecular weight excluding hydrogens is 278 g/mol. The van der Waals surface area contributed by atoms with Gasteiger partial charge in [0.2, 0.25) is 5.82 Å². The molecule has 1 nitrogen and oxygen atoms in total. The van der Waals surface area contributed by atoms with Gasteiger partial charge < -0.3 is 4.74 Å². The average molecular weight is 291 g/mol. The molecule has 0 spiro atoms. The maximum absolute atomic E-state index is 13.4. The van der Waals surface area contributed by atoms with Crippen LogP contribution in [0.25, 0.3) is 0 Å². The maximum Gasteiger partial charge on any atom is 0.200 e. The Morgan fingerprint density at radius 1 is 1.12 bits per heavy atom. The van der Waals surface area contributed by atoms with Crippen molar-refractivity contribution in [3.8, 4) is 5.75 Å². The Kier molecular flexibility index (Phi) is 3.79. The summed E-state index contributed by atoms with van der Waals surface area (Å²) in [5.74, 6) is -1.76. The average Bonchev–Trinajstić information content (AvgIpc) is 2.27. The van der Waals surface area contributed by atoms with Crippen LogP contribution in [-0.4, -0.2) is 6.10 Å². The van der Waals surface area contributed by atoms with Crippen molar-refractivity contribution in [2.45, 2.75) is 38.2 Å². The minimum Gasteiger partial charge on any atom is -0.487 e. The fourth-order valence-electron chi connectivity index (χ4n) is 1.98. The Bertz CT molecular complexity index is 376. The second kappa shape index (κ2) is 5.13. The molecule has 0 heterocycles.